The molecular weight excluding hydrogens is 240 g/mol. The summed E-state index contributed by atoms with van der Waals surface area (Å²) in [5, 5.41) is 3.66. The second-order valence-electron chi connectivity index (χ2n) is 5.28. The lowest BCUT2D eigenvalue weighted by Gasteiger charge is -2.35. The summed E-state index contributed by atoms with van der Waals surface area (Å²) in [6.07, 6.45) is 4.62. The molecule has 1 aliphatic heterocycles. The van der Waals surface area contributed by atoms with Crippen LogP contribution in [0.1, 0.15) is 26.7 Å². The van der Waals surface area contributed by atoms with Gasteiger partial charge >= 0.3 is 0 Å². The summed E-state index contributed by atoms with van der Waals surface area (Å²) in [5.41, 5.74) is 1.26. The zero-order valence-electron chi connectivity index (χ0n) is 11.6. The number of nitrogens with zero attached hydrogens (tertiary/aromatic N) is 1. The van der Waals surface area contributed by atoms with Crippen molar-refractivity contribution in [2.24, 2.45) is 0 Å². The van der Waals surface area contributed by atoms with Gasteiger partial charge in [0.15, 0.2) is 0 Å². The summed E-state index contributed by atoms with van der Waals surface area (Å²) in [6.45, 7) is 7.01. The van der Waals surface area contributed by atoms with Gasteiger partial charge in [-0.1, -0.05) is 0 Å². The van der Waals surface area contributed by atoms with E-state index in [4.69, 9.17) is 0 Å². The molecule has 0 radical (unpaired) electrons. The third-order valence-corrected chi connectivity index (χ3v) is 4.46. The highest BCUT2D eigenvalue weighted by Gasteiger charge is 2.20. The zero-order chi connectivity index (χ0) is 13.0. The SMILES string of the molecule is CSc1ccc(NC2CCN(C(C)C)CC2)cc1. The molecule has 0 aliphatic carbocycles. The van der Waals surface area contributed by atoms with Crippen LogP contribution in [0.4, 0.5) is 5.69 Å². The van der Waals surface area contributed by atoms with Gasteiger partial charge in [0.2, 0.25) is 0 Å². The van der Waals surface area contributed by atoms with E-state index >= 15 is 0 Å². The number of hydrogen-bond donors (Lipinski definition) is 1. The fraction of sp³-hybridized carbons (Fsp3) is 0.600. The Morgan fingerprint density at radius 1 is 1.17 bits per heavy atom. The predicted molar refractivity (Wildman–Crippen MR) is 81.6 cm³/mol. The molecule has 0 amide bonds. The molecule has 1 aliphatic rings. The maximum absolute atomic E-state index is 3.66. The van der Waals surface area contributed by atoms with Gasteiger partial charge < -0.3 is 10.2 Å². The Morgan fingerprint density at radius 3 is 2.28 bits per heavy atom. The van der Waals surface area contributed by atoms with E-state index in [0.29, 0.717) is 12.1 Å². The van der Waals surface area contributed by atoms with E-state index in [2.05, 4.69) is 54.6 Å². The third-order valence-electron chi connectivity index (χ3n) is 3.72. The van der Waals surface area contributed by atoms with Crippen molar-refractivity contribution in [2.75, 3.05) is 24.7 Å². The van der Waals surface area contributed by atoms with Crippen LogP contribution in [-0.2, 0) is 0 Å². The van der Waals surface area contributed by atoms with E-state index in [1.807, 2.05) is 0 Å². The number of likely N-dealkylation sites (tertiary alicyclic amines) is 1. The van der Waals surface area contributed by atoms with Crippen LogP contribution in [0.25, 0.3) is 0 Å². The Morgan fingerprint density at radius 2 is 1.78 bits per heavy atom. The second kappa shape index (κ2) is 6.48. The van der Waals surface area contributed by atoms with Crippen LogP contribution in [0.5, 0.6) is 0 Å². The molecule has 2 nitrogen and oxygen atoms in total. The molecule has 2 rings (SSSR count). The molecule has 0 bridgehead atoms. The standard InChI is InChI=1S/C15H24N2S/c1-12(2)17-10-8-14(9-11-17)16-13-4-6-15(18-3)7-5-13/h4-7,12,14,16H,8-11H2,1-3H3. The average Bonchev–Trinajstić information content (AvgIpc) is 2.40. The number of rotatable bonds is 4. The molecule has 3 heteroatoms. The fourth-order valence-corrected chi connectivity index (χ4v) is 2.89. The smallest absolute Gasteiger partial charge is 0.0343 e. The van der Waals surface area contributed by atoms with E-state index in [1.165, 1.54) is 36.5 Å². The highest BCUT2D eigenvalue weighted by atomic mass is 32.2. The zero-order valence-corrected chi connectivity index (χ0v) is 12.5. The molecule has 0 unspecified atom stereocenters. The van der Waals surface area contributed by atoms with Crippen molar-refractivity contribution in [3.63, 3.8) is 0 Å². The second-order valence-corrected chi connectivity index (χ2v) is 6.16. The summed E-state index contributed by atoms with van der Waals surface area (Å²) in [6, 6.07) is 10.1. The van der Waals surface area contributed by atoms with Crippen molar-refractivity contribution in [1.82, 2.24) is 4.90 Å². The molecule has 100 valence electrons. The van der Waals surface area contributed by atoms with Crippen molar-refractivity contribution in [1.29, 1.82) is 0 Å². The van der Waals surface area contributed by atoms with Gasteiger partial charge in [-0.05, 0) is 57.2 Å². The highest BCUT2D eigenvalue weighted by Crippen LogP contribution is 2.21. The minimum absolute atomic E-state index is 0.639. The van der Waals surface area contributed by atoms with E-state index in [0.717, 1.165) is 0 Å². The topological polar surface area (TPSA) is 15.3 Å². The van der Waals surface area contributed by atoms with Crippen molar-refractivity contribution >= 4 is 17.4 Å². The summed E-state index contributed by atoms with van der Waals surface area (Å²) in [7, 11) is 0. The van der Waals surface area contributed by atoms with Crippen LogP contribution >= 0.6 is 11.8 Å². The van der Waals surface area contributed by atoms with E-state index in [9.17, 15) is 0 Å². The molecule has 0 spiro atoms. The highest BCUT2D eigenvalue weighted by molar-refractivity contribution is 7.98. The lowest BCUT2D eigenvalue weighted by atomic mass is 10.0. The molecule has 0 aromatic heterocycles. The summed E-state index contributed by atoms with van der Waals surface area (Å²) >= 11 is 1.79. The summed E-state index contributed by atoms with van der Waals surface area (Å²) < 4.78 is 0. The molecule has 1 fully saturated rings. The summed E-state index contributed by atoms with van der Waals surface area (Å²) in [5.74, 6) is 0. The molecule has 1 N–H and O–H groups in total. The number of thioether (sulfide) groups is 1. The minimum atomic E-state index is 0.639. The van der Waals surface area contributed by atoms with Gasteiger partial charge in [-0.2, -0.15) is 0 Å². The van der Waals surface area contributed by atoms with Crippen LogP contribution in [0.2, 0.25) is 0 Å². The van der Waals surface area contributed by atoms with Crippen molar-refractivity contribution < 1.29 is 0 Å². The molecule has 0 atom stereocenters. The molecule has 0 saturated carbocycles. The number of benzene rings is 1. The van der Waals surface area contributed by atoms with Crippen molar-refractivity contribution in [3.05, 3.63) is 24.3 Å². The first-order valence-corrected chi connectivity index (χ1v) is 8.06. The Bertz CT molecular complexity index is 353. The van der Waals surface area contributed by atoms with Crippen molar-refractivity contribution in [3.8, 4) is 0 Å². The van der Waals surface area contributed by atoms with Gasteiger partial charge in [-0.15, -0.1) is 11.8 Å². The molecule has 18 heavy (non-hydrogen) atoms. The molecule has 1 heterocycles. The molecule has 1 aromatic carbocycles. The van der Waals surface area contributed by atoms with Crippen LogP contribution in [-0.4, -0.2) is 36.3 Å². The lowest BCUT2D eigenvalue weighted by Crippen LogP contribution is -2.42. The Hall–Kier alpha value is -0.670. The Balaban J connectivity index is 1.83. The minimum Gasteiger partial charge on any atom is -0.382 e. The molecule has 1 saturated heterocycles. The van der Waals surface area contributed by atoms with Gasteiger partial charge in [0.05, 0.1) is 0 Å². The lowest BCUT2D eigenvalue weighted by molar-refractivity contribution is 0.177. The van der Waals surface area contributed by atoms with E-state index < -0.39 is 0 Å². The Labute approximate surface area is 115 Å². The number of nitrogens with one attached hydrogen (secondary N) is 1. The molecule has 1 aromatic rings. The number of hydrogen-bond acceptors (Lipinski definition) is 3. The maximum Gasteiger partial charge on any atom is 0.0343 e. The van der Waals surface area contributed by atoms with E-state index in [-0.39, 0.29) is 0 Å². The quantitative estimate of drug-likeness (QED) is 0.835. The largest absolute Gasteiger partial charge is 0.382 e. The van der Waals surface area contributed by atoms with Gasteiger partial charge in [0.25, 0.3) is 0 Å². The first-order valence-electron chi connectivity index (χ1n) is 6.83. The van der Waals surface area contributed by atoms with E-state index in [1.54, 1.807) is 11.8 Å². The summed E-state index contributed by atoms with van der Waals surface area (Å²) in [4.78, 5) is 3.89. The van der Waals surface area contributed by atoms with Crippen LogP contribution in [0.15, 0.2) is 29.2 Å². The Kier molecular flexibility index (Phi) is 4.95. The number of anilines is 1. The average molecular weight is 264 g/mol. The first kappa shape index (κ1) is 13.8. The monoisotopic (exact) mass is 264 g/mol. The normalized spacial score (nSPS) is 18.2. The van der Waals surface area contributed by atoms with Gasteiger partial charge in [0.1, 0.15) is 0 Å². The maximum atomic E-state index is 3.66. The van der Waals surface area contributed by atoms with Crippen LogP contribution < -0.4 is 5.32 Å². The third kappa shape index (κ3) is 3.66. The van der Waals surface area contributed by atoms with Crippen molar-refractivity contribution in [2.45, 2.75) is 43.7 Å². The number of piperidine rings is 1. The van der Waals surface area contributed by atoms with Crippen LogP contribution in [0, 0.1) is 0 Å². The molecular formula is C15H24N2S. The fourth-order valence-electron chi connectivity index (χ4n) is 2.48. The predicted octanol–water partition coefficient (Wildman–Crippen LogP) is 3.69. The van der Waals surface area contributed by atoms with Gasteiger partial charge in [-0.3, -0.25) is 0 Å². The first-order chi connectivity index (χ1) is 8.69. The van der Waals surface area contributed by atoms with Gasteiger partial charge in [0, 0.05) is 35.8 Å². The van der Waals surface area contributed by atoms with Gasteiger partial charge in [-0.25, -0.2) is 0 Å². The van der Waals surface area contributed by atoms with Crippen LogP contribution in [0.3, 0.4) is 0 Å².